The molecule has 0 aliphatic carbocycles. The summed E-state index contributed by atoms with van der Waals surface area (Å²) in [5, 5.41) is 10.9. The fourth-order valence-electron chi connectivity index (χ4n) is 2.53. The predicted molar refractivity (Wildman–Crippen MR) is 108 cm³/mol. The summed E-state index contributed by atoms with van der Waals surface area (Å²) in [6.45, 7) is 0. The van der Waals surface area contributed by atoms with Crippen LogP contribution in [0, 0.1) is 11.3 Å². The van der Waals surface area contributed by atoms with Gasteiger partial charge in [-0.1, -0.05) is 65.8 Å². The number of thioether (sulfide) groups is 1. The second-order valence-electron chi connectivity index (χ2n) is 5.58. The number of methoxy groups -OCH3 is 1. The average Bonchev–Trinajstić information content (AvgIpc) is 2.72. The summed E-state index contributed by atoms with van der Waals surface area (Å²) in [4.78, 5) is 16.2. The van der Waals surface area contributed by atoms with Gasteiger partial charge in [-0.15, -0.1) is 0 Å². The van der Waals surface area contributed by atoms with E-state index in [4.69, 9.17) is 16.3 Å². The molecule has 3 rings (SSSR count). The molecule has 6 heteroatoms. The Morgan fingerprint density at radius 3 is 2.48 bits per heavy atom. The van der Waals surface area contributed by atoms with Crippen molar-refractivity contribution in [2.75, 3.05) is 12.9 Å². The number of hydrogen-bond donors (Lipinski definition) is 0. The highest BCUT2D eigenvalue weighted by Gasteiger charge is 2.17. The van der Waals surface area contributed by atoms with Gasteiger partial charge in [-0.3, -0.25) is 4.79 Å². The van der Waals surface area contributed by atoms with Crippen LogP contribution in [0.25, 0.3) is 22.4 Å². The molecule has 0 fully saturated rings. The number of aromatic nitrogens is 1. The zero-order valence-electron chi connectivity index (χ0n) is 14.5. The van der Waals surface area contributed by atoms with E-state index in [0.717, 1.165) is 22.4 Å². The molecule has 3 aromatic rings. The van der Waals surface area contributed by atoms with Crippen molar-refractivity contribution in [2.45, 2.75) is 5.03 Å². The van der Waals surface area contributed by atoms with Crippen molar-refractivity contribution < 1.29 is 9.53 Å². The Hall–Kier alpha value is -2.81. The van der Waals surface area contributed by atoms with Crippen LogP contribution in [0.15, 0.2) is 65.7 Å². The summed E-state index contributed by atoms with van der Waals surface area (Å²) in [7, 11) is 1.33. The number of carbonyl (C=O) groups excluding carboxylic acids is 1. The fourth-order valence-corrected chi connectivity index (χ4v) is 3.50. The third kappa shape index (κ3) is 4.48. The van der Waals surface area contributed by atoms with Crippen molar-refractivity contribution >= 4 is 29.3 Å². The van der Waals surface area contributed by atoms with Gasteiger partial charge in [0, 0.05) is 16.1 Å². The van der Waals surface area contributed by atoms with E-state index in [-0.39, 0.29) is 11.7 Å². The molecule has 0 spiro atoms. The number of esters is 1. The SMILES string of the molecule is COC(=O)CSc1nc(-c2ccccc2)cc(-c2ccc(Cl)cc2)c1C#N. The standard InChI is InChI=1S/C21H15ClN2O2S/c1-26-20(25)13-27-21-18(12-23)17(14-7-9-16(22)10-8-14)11-19(24-21)15-5-3-2-4-6-15/h2-11H,13H2,1H3. The minimum Gasteiger partial charge on any atom is -0.468 e. The largest absolute Gasteiger partial charge is 0.468 e. The third-order valence-corrected chi connectivity index (χ3v) is 5.08. The molecule has 134 valence electrons. The number of ether oxygens (including phenoxy) is 1. The number of nitriles is 1. The molecule has 4 nitrogen and oxygen atoms in total. The quantitative estimate of drug-likeness (QED) is 0.439. The van der Waals surface area contributed by atoms with Gasteiger partial charge in [0.1, 0.15) is 11.1 Å². The van der Waals surface area contributed by atoms with Crippen LogP contribution in [0.1, 0.15) is 5.56 Å². The van der Waals surface area contributed by atoms with Crippen molar-refractivity contribution in [1.82, 2.24) is 4.98 Å². The van der Waals surface area contributed by atoms with Gasteiger partial charge in [-0.05, 0) is 23.8 Å². The molecule has 0 unspecified atom stereocenters. The second kappa shape index (κ2) is 8.72. The van der Waals surface area contributed by atoms with E-state index in [2.05, 4.69) is 11.1 Å². The van der Waals surface area contributed by atoms with Crippen LogP contribution in [0.4, 0.5) is 0 Å². The van der Waals surface area contributed by atoms with Gasteiger partial charge >= 0.3 is 5.97 Å². The van der Waals surface area contributed by atoms with Gasteiger partial charge < -0.3 is 4.74 Å². The first-order chi connectivity index (χ1) is 13.1. The molecule has 0 aliphatic rings. The van der Waals surface area contributed by atoms with Crippen LogP contribution in [-0.4, -0.2) is 23.8 Å². The molecule has 0 radical (unpaired) electrons. The number of halogens is 1. The Morgan fingerprint density at radius 2 is 1.85 bits per heavy atom. The first kappa shape index (κ1) is 19.0. The maximum Gasteiger partial charge on any atom is 0.316 e. The molecular formula is C21H15ClN2O2S. The molecule has 1 aromatic heterocycles. The lowest BCUT2D eigenvalue weighted by molar-refractivity contribution is -0.137. The smallest absolute Gasteiger partial charge is 0.316 e. The lowest BCUT2D eigenvalue weighted by Crippen LogP contribution is -2.04. The number of carbonyl (C=O) groups is 1. The molecule has 1 heterocycles. The van der Waals surface area contributed by atoms with Crippen molar-refractivity contribution in [3.63, 3.8) is 0 Å². The minimum absolute atomic E-state index is 0.0798. The number of rotatable bonds is 5. The Morgan fingerprint density at radius 1 is 1.15 bits per heavy atom. The summed E-state index contributed by atoms with van der Waals surface area (Å²) < 4.78 is 4.70. The molecule has 0 bridgehead atoms. The molecule has 27 heavy (non-hydrogen) atoms. The molecule has 0 saturated carbocycles. The summed E-state index contributed by atoms with van der Waals surface area (Å²) >= 11 is 7.19. The van der Waals surface area contributed by atoms with E-state index < -0.39 is 0 Å². The van der Waals surface area contributed by atoms with Crippen molar-refractivity contribution in [1.29, 1.82) is 5.26 Å². The Bertz CT molecular complexity index is 999. The topological polar surface area (TPSA) is 63.0 Å². The Kier molecular flexibility index (Phi) is 6.12. The highest BCUT2D eigenvalue weighted by atomic mass is 35.5. The van der Waals surface area contributed by atoms with E-state index in [1.807, 2.05) is 48.5 Å². The summed E-state index contributed by atoms with van der Waals surface area (Å²) in [5.74, 6) is -0.292. The first-order valence-electron chi connectivity index (χ1n) is 8.08. The van der Waals surface area contributed by atoms with E-state index in [1.165, 1.54) is 18.9 Å². The zero-order valence-corrected chi connectivity index (χ0v) is 16.1. The average molecular weight is 395 g/mol. The fraction of sp³-hybridized carbons (Fsp3) is 0.0952. The highest BCUT2D eigenvalue weighted by Crippen LogP contribution is 2.34. The van der Waals surface area contributed by atoms with Gasteiger partial charge in [0.25, 0.3) is 0 Å². The summed E-state index contributed by atoms with van der Waals surface area (Å²) in [5.41, 5.74) is 3.68. The monoisotopic (exact) mass is 394 g/mol. The molecule has 0 amide bonds. The van der Waals surface area contributed by atoms with Crippen LogP contribution in [0.3, 0.4) is 0 Å². The van der Waals surface area contributed by atoms with E-state index >= 15 is 0 Å². The minimum atomic E-state index is -0.371. The second-order valence-corrected chi connectivity index (χ2v) is 6.99. The van der Waals surface area contributed by atoms with Crippen LogP contribution in [-0.2, 0) is 9.53 Å². The zero-order chi connectivity index (χ0) is 19.2. The summed E-state index contributed by atoms with van der Waals surface area (Å²) in [6, 6.07) is 21.1. The normalized spacial score (nSPS) is 10.3. The number of pyridine rings is 1. The van der Waals surface area contributed by atoms with E-state index in [1.54, 1.807) is 12.1 Å². The molecule has 0 atom stereocenters. The van der Waals surface area contributed by atoms with Crippen LogP contribution in [0.5, 0.6) is 0 Å². The van der Waals surface area contributed by atoms with Crippen molar-refractivity contribution in [3.05, 3.63) is 71.2 Å². The van der Waals surface area contributed by atoms with Gasteiger partial charge in [0.05, 0.1) is 24.1 Å². The molecule has 2 aromatic carbocycles. The lowest BCUT2D eigenvalue weighted by Gasteiger charge is -2.12. The maximum absolute atomic E-state index is 11.6. The molecular weight excluding hydrogens is 380 g/mol. The van der Waals surface area contributed by atoms with Gasteiger partial charge in [0.2, 0.25) is 0 Å². The van der Waals surface area contributed by atoms with E-state index in [9.17, 15) is 10.1 Å². The van der Waals surface area contributed by atoms with Gasteiger partial charge in [-0.25, -0.2) is 4.98 Å². The molecule has 0 saturated heterocycles. The number of nitrogens with zero attached hydrogens (tertiary/aromatic N) is 2. The van der Waals surface area contributed by atoms with Crippen molar-refractivity contribution in [3.8, 4) is 28.5 Å². The van der Waals surface area contributed by atoms with Crippen LogP contribution < -0.4 is 0 Å². The predicted octanol–water partition coefficient (Wildman–Crippen LogP) is 5.21. The summed E-state index contributed by atoms with van der Waals surface area (Å²) in [6.07, 6.45) is 0. The maximum atomic E-state index is 11.6. The molecule has 0 N–H and O–H groups in total. The first-order valence-corrected chi connectivity index (χ1v) is 9.45. The lowest BCUT2D eigenvalue weighted by atomic mass is 9.99. The Labute approximate surface area is 166 Å². The van der Waals surface area contributed by atoms with E-state index in [0.29, 0.717) is 15.6 Å². The number of hydrogen-bond acceptors (Lipinski definition) is 5. The Balaban J connectivity index is 2.16. The van der Waals surface area contributed by atoms with Crippen LogP contribution >= 0.6 is 23.4 Å². The van der Waals surface area contributed by atoms with Crippen molar-refractivity contribution in [2.24, 2.45) is 0 Å². The van der Waals surface area contributed by atoms with Crippen LogP contribution in [0.2, 0.25) is 5.02 Å². The highest BCUT2D eigenvalue weighted by molar-refractivity contribution is 7.99. The van der Waals surface area contributed by atoms with Gasteiger partial charge in [0.15, 0.2) is 0 Å². The third-order valence-electron chi connectivity index (χ3n) is 3.88. The van der Waals surface area contributed by atoms with Gasteiger partial charge in [-0.2, -0.15) is 5.26 Å². The molecule has 0 aliphatic heterocycles. The number of benzene rings is 2.